The first kappa shape index (κ1) is 12.9. The molecule has 16 heavy (non-hydrogen) atoms. The van der Waals surface area contributed by atoms with Gasteiger partial charge in [0.2, 0.25) is 5.78 Å². The summed E-state index contributed by atoms with van der Waals surface area (Å²) in [5, 5.41) is 4.02. The Morgan fingerprint density at radius 2 is 2.06 bits per heavy atom. The van der Waals surface area contributed by atoms with Crippen molar-refractivity contribution in [2.24, 2.45) is 7.05 Å². The fourth-order valence-corrected chi connectivity index (χ4v) is 1.95. The maximum atomic E-state index is 12.4. The van der Waals surface area contributed by atoms with Crippen molar-refractivity contribution < 1.29 is 9.53 Å². The quantitative estimate of drug-likeness (QED) is 0.696. The second-order valence-corrected chi connectivity index (χ2v) is 3.80. The van der Waals surface area contributed by atoms with E-state index >= 15 is 0 Å². The normalized spacial score (nSPS) is 11.8. The van der Waals surface area contributed by atoms with Crippen LogP contribution in [0, 0.1) is 0 Å². The molecule has 0 bridgehead atoms. The van der Waals surface area contributed by atoms with Gasteiger partial charge in [-0.15, -0.1) is 0 Å². The molecule has 4 heteroatoms. The molecule has 1 aromatic heterocycles. The van der Waals surface area contributed by atoms with E-state index in [4.69, 9.17) is 4.74 Å². The molecule has 0 saturated heterocycles. The number of carbonyl (C=O) groups is 1. The second-order valence-electron chi connectivity index (χ2n) is 3.80. The van der Waals surface area contributed by atoms with Gasteiger partial charge >= 0.3 is 0 Å². The van der Waals surface area contributed by atoms with Crippen LogP contribution in [0.3, 0.4) is 0 Å². The Hall–Kier alpha value is -1.16. The molecule has 1 heterocycles. The molecule has 0 fully saturated rings. The molecular formula is C12H20N2O2. The van der Waals surface area contributed by atoms with Crippen molar-refractivity contribution in [3.8, 4) is 0 Å². The predicted octanol–water partition coefficient (Wildman–Crippen LogP) is 2.20. The van der Waals surface area contributed by atoms with Gasteiger partial charge in [-0.25, -0.2) is 0 Å². The third-order valence-corrected chi connectivity index (χ3v) is 3.03. The summed E-state index contributed by atoms with van der Waals surface area (Å²) in [5.74, 6) is 0.0272. The summed E-state index contributed by atoms with van der Waals surface area (Å²) in [7, 11) is 1.77. The summed E-state index contributed by atoms with van der Waals surface area (Å²) >= 11 is 0. The van der Waals surface area contributed by atoms with Crippen molar-refractivity contribution in [3.05, 3.63) is 18.0 Å². The van der Waals surface area contributed by atoms with Crippen LogP contribution in [0.2, 0.25) is 0 Å². The van der Waals surface area contributed by atoms with Crippen LogP contribution in [0.4, 0.5) is 0 Å². The smallest absolute Gasteiger partial charge is 0.212 e. The Morgan fingerprint density at radius 1 is 1.44 bits per heavy atom. The minimum absolute atomic E-state index is 0.0272. The van der Waals surface area contributed by atoms with E-state index in [1.54, 1.807) is 24.0 Å². The molecule has 0 atom stereocenters. The summed E-state index contributed by atoms with van der Waals surface area (Å²) in [6.07, 6.45) is 3.00. The van der Waals surface area contributed by atoms with E-state index in [0.29, 0.717) is 25.1 Å². The lowest BCUT2D eigenvalue weighted by molar-refractivity contribution is -0.0256. The summed E-state index contributed by atoms with van der Waals surface area (Å²) in [4.78, 5) is 12.4. The highest BCUT2D eigenvalue weighted by Crippen LogP contribution is 2.25. The van der Waals surface area contributed by atoms with Crippen molar-refractivity contribution in [2.45, 2.75) is 39.2 Å². The molecule has 0 amide bonds. The van der Waals surface area contributed by atoms with Crippen molar-refractivity contribution >= 4 is 5.78 Å². The van der Waals surface area contributed by atoms with Gasteiger partial charge in [0.25, 0.3) is 0 Å². The second kappa shape index (κ2) is 5.25. The van der Waals surface area contributed by atoms with Crippen molar-refractivity contribution in [1.29, 1.82) is 0 Å². The first-order valence-corrected chi connectivity index (χ1v) is 5.78. The summed E-state index contributed by atoms with van der Waals surface area (Å²) in [6.45, 7) is 6.42. The molecule has 0 radical (unpaired) electrons. The van der Waals surface area contributed by atoms with E-state index in [0.717, 1.165) is 0 Å². The number of ketones is 1. The molecule has 0 saturated carbocycles. The van der Waals surface area contributed by atoms with Crippen LogP contribution in [0.15, 0.2) is 12.3 Å². The number of nitrogens with zero attached hydrogens (tertiary/aromatic N) is 2. The number of Topliss-reactive ketones (excluding diaryl/α,β-unsaturated/α-hetero) is 1. The van der Waals surface area contributed by atoms with E-state index in [9.17, 15) is 4.79 Å². The van der Waals surface area contributed by atoms with Crippen LogP contribution in [0.25, 0.3) is 0 Å². The Morgan fingerprint density at radius 3 is 2.44 bits per heavy atom. The summed E-state index contributed by atoms with van der Waals surface area (Å²) in [6, 6.07) is 1.74. The van der Waals surface area contributed by atoms with Gasteiger partial charge in [-0.3, -0.25) is 9.48 Å². The van der Waals surface area contributed by atoms with Gasteiger partial charge in [0.1, 0.15) is 11.3 Å². The molecule has 0 N–H and O–H groups in total. The lowest BCUT2D eigenvalue weighted by Crippen LogP contribution is -2.41. The largest absolute Gasteiger partial charge is 0.367 e. The Balaban J connectivity index is 3.04. The van der Waals surface area contributed by atoms with E-state index in [2.05, 4.69) is 5.10 Å². The minimum Gasteiger partial charge on any atom is -0.367 e. The average molecular weight is 224 g/mol. The lowest BCUT2D eigenvalue weighted by Gasteiger charge is -2.29. The molecule has 0 unspecified atom stereocenters. The number of hydrogen-bond acceptors (Lipinski definition) is 3. The fraction of sp³-hybridized carbons (Fsp3) is 0.667. The highest BCUT2D eigenvalue weighted by Gasteiger charge is 2.37. The Bertz CT molecular complexity index is 354. The van der Waals surface area contributed by atoms with Crippen molar-refractivity contribution in [2.75, 3.05) is 6.61 Å². The molecule has 0 aliphatic heterocycles. The molecule has 1 rings (SSSR count). The third kappa shape index (κ3) is 2.16. The van der Waals surface area contributed by atoms with Gasteiger partial charge in [0.15, 0.2) is 0 Å². The molecular weight excluding hydrogens is 204 g/mol. The number of rotatable bonds is 6. The van der Waals surface area contributed by atoms with E-state index in [1.165, 1.54) is 0 Å². The highest BCUT2D eigenvalue weighted by molar-refractivity contribution is 6.01. The monoisotopic (exact) mass is 224 g/mol. The first-order chi connectivity index (χ1) is 7.61. The van der Waals surface area contributed by atoms with E-state index < -0.39 is 5.60 Å². The van der Waals surface area contributed by atoms with E-state index in [-0.39, 0.29) is 5.78 Å². The van der Waals surface area contributed by atoms with Gasteiger partial charge in [-0.2, -0.15) is 5.10 Å². The SMILES string of the molecule is CCOC(CC)(CC)C(=O)c1ccnn1C. The molecule has 0 spiro atoms. The number of aryl methyl sites for hydroxylation is 1. The molecule has 90 valence electrons. The fourth-order valence-electron chi connectivity index (χ4n) is 1.95. The van der Waals surface area contributed by atoms with Gasteiger partial charge in [-0.05, 0) is 25.8 Å². The van der Waals surface area contributed by atoms with Gasteiger partial charge in [0, 0.05) is 19.9 Å². The van der Waals surface area contributed by atoms with Crippen LogP contribution in [0.1, 0.15) is 44.1 Å². The third-order valence-electron chi connectivity index (χ3n) is 3.03. The molecule has 0 aromatic carbocycles. The maximum absolute atomic E-state index is 12.4. The average Bonchev–Trinajstić information content (AvgIpc) is 2.71. The minimum atomic E-state index is -0.692. The standard InChI is InChI=1S/C12H20N2O2/c1-5-12(6-2,16-7-3)11(15)10-8-9-13-14(10)4/h8-9H,5-7H2,1-4H3. The first-order valence-electron chi connectivity index (χ1n) is 5.78. The molecule has 0 aliphatic carbocycles. The van der Waals surface area contributed by atoms with Gasteiger partial charge < -0.3 is 4.74 Å². The number of aromatic nitrogens is 2. The topological polar surface area (TPSA) is 44.1 Å². The zero-order valence-corrected chi connectivity index (χ0v) is 10.5. The van der Waals surface area contributed by atoms with Crippen molar-refractivity contribution in [1.82, 2.24) is 9.78 Å². The van der Waals surface area contributed by atoms with Gasteiger partial charge in [0.05, 0.1) is 0 Å². The van der Waals surface area contributed by atoms with Crippen LogP contribution in [-0.2, 0) is 11.8 Å². The number of carbonyl (C=O) groups excluding carboxylic acids is 1. The molecule has 1 aromatic rings. The van der Waals surface area contributed by atoms with Crippen LogP contribution in [0.5, 0.6) is 0 Å². The summed E-state index contributed by atoms with van der Waals surface area (Å²) < 4.78 is 7.28. The Labute approximate surface area is 96.6 Å². The maximum Gasteiger partial charge on any atom is 0.212 e. The molecule has 4 nitrogen and oxygen atoms in total. The Kier molecular flexibility index (Phi) is 4.24. The predicted molar refractivity (Wildman–Crippen MR) is 62.5 cm³/mol. The zero-order valence-electron chi connectivity index (χ0n) is 10.5. The summed E-state index contributed by atoms with van der Waals surface area (Å²) in [5.41, 5.74) is -0.0834. The number of hydrogen-bond donors (Lipinski definition) is 0. The van der Waals surface area contributed by atoms with Crippen LogP contribution in [-0.4, -0.2) is 27.8 Å². The molecule has 0 aliphatic rings. The lowest BCUT2D eigenvalue weighted by atomic mass is 9.90. The van der Waals surface area contributed by atoms with Crippen LogP contribution >= 0.6 is 0 Å². The van der Waals surface area contributed by atoms with E-state index in [1.807, 2.05) is 20.8 Å². The number of ether oxygens (including phenoxy) is 1. The highest BCUT2D eigenvalue weighted by atomic mass is 16.5. The zero-order chi connectivity index (χ0) is 12.2. The van der Waals surface area contributed by atoms with Crippen molar-refractivity contribution in [3.63, 3.8) is 0 Å². The van der Waals surface area contributed by atoms with Gasteiger partial charge in [-0.1, -0.05) is 13.8 Å². The van der Waals surface area contributed by atoms with Crippen LogP contribution < -0.4 is 0 Å².